The second-order valence-corrected chi connectivity index (χ2v) is 5.69. The Balaban J connectivity index is 1.82. The van der Waals surface area contributed by atoms with Crippen molar-refractivity contribution in [2.45, 2.75) is 58.3 Å². The summed E-state index contributed by atoms with van der Waals surface area (Å²) in [6.45, 7) is 2.27. The van der Waals surface area contributed by atoms with E-state index in [9.17, 15) is 0 Å². The molecule has 1 aliphatic carbocycles. The largest absolute Gasteiger partial charge is 0.0840 e. The van der Waals surface area contributed by atoms with Crippen LogP contribution in [0, 0.1) is 0 Å². The van der Waals surface area contributed by atoms with E-state index in [-0.39, 0.29) is 0 Å². The molecule has 98 valence electrons. The molecule has 0 fully saturated rings. The predicted molar refractivity (Wildman–Crippen MR) is 80.3 cm³/mol. The lowest BCUT2D eigenvalue weighted by atomic mass is 9.89. The highest BCUT2D eigenvalue weighted by Gasteiger charge is 2.12. The molecule has 0 saturated carbocycles. The van der Waals surface area contributed by atoms with E-state index >= 15 is 0 Å². The van der Waals surface area contributed by atoms with Crippen LogP contribution in [0.2, 0.25) is 5.02 Å². The summed E-state index contributed by atoms with van der Waals surface area (Å²) >= 11 is 6.22. The van der Waals surface area contributed by atoms with Crippen molar-refractivity contribution >= 4 is 11.6 Å². The molecule has 18 heavy (non-hydrogen) atoms. The number of benzene rings is 1. The lowest BCUT2D eigenvalue weighted by molar-refractivity contribution is 0.625. The van der Waals surface area contributed by atoms with E-state index in [1.54, 1.807) is 5.57 Å². The van der Waals surface area contributed by atoms with E-state index in [0.29, 0.717) is 0 Å². The molecule has 1 aliphatic rings. The highest BCUT2D eigenvalue weighted by molar-refractivity contribution is 6.31. The molecule has 1 heteroatoms. The molecule has 0 saturated heterocycles. The summed E-state index contributed by atoms with van der Waals surface area (Å²) in [5, 5.41) is 0.936. The van der Waals surface area contributed by atoms with Crippen molar-refractivity contribution in [2.24, 2.45) is 0 Å². The molecule has 0 atom stereocenters. The molecular weight excluding hydrogens is 240 g/mol. The minimum Gasteiger partial charge on any atom is -0.0840 e. The Labute approximate surface area is 116 Å². The Hall–Kier alpha value is -0.750. The van der Waals surface area contributed by atoms with Crippen LogP contribution in [0.3, 0.4) is 0 Å². The predicted octanol–water partition coefficient (Wildman–Crippen LogP) is 5.73. The fraction of sp³-hybridized carbons (Fsp3) is 0.529. The zero-order valence-corrected chi connectivity index (χ0v) is 12.1. The first-order valence-electron chi connectivity index (χ1n) is 7.25. The van der Waals surface area contributed by atoms with Crippen LogP contribution in [0.4, 0.5) is 0 Å². The van der Waals surface area contributed by atoms with Gasteiger partial charge in [0.1, 0.15) is 0 Å². The van der Waals surface area contributed by atoms with Crippen molar-refractivity contribution in [1.29, 1.82) is 0 Å². The summed E-state index contributed by atoms with van der Waals surface area (Å²) < 4.78 is 0. The number of halogens is 1. The maximum absolute atomic E-state index is 6.22. The van der Waals surface area contributed by atoms with Crippen molar-refractivity contribution in [3.8, 4) is 0 Å². The molecule has 1 aromatic rings. The van der Waals surface area contributed by atoms with Crippen molar-refractivity contribution in [1.82, 2.24) is 0 Å². The second kappa shape index (κ2) is 6.99. The summed E-state index contributed by atoms with van der Waals surface area (Å²) in [6.07, 6.45) is 12.7. The van der Waals surface area contributed by atoms with Gasteiger partial charge in [-0.15, -0.1) is 0 Å². The average molecular weight is 263 g/mol. The smallest absolute Gasteiger partial charge is 0.0444 e. The first-order chi connectivity index (χ1) is 8.81. The molecule has 0 unspecified atom stereocenters. The van der Waals surface area contributed by atoms with Gasteiger partial charge in [-0.2, -0.15) is 0 Å². The van der Waals surface area contributed by atoms with Crippen LogP contribution in [0.1, 0.15) is 56.6 Å². The monoisotopic (exact) mass is 262 g/mol. The van der Waals surface area contributed by atoms with Crippen molar-refractivity contribution in [3.05, 3.63) is 46.0 Å². The van der Waals surface area contributed by atoms with Crippen molar-refractivity contribution < 1.29 is 0 Å². The zero-order chi connectivity index (χ0) is 12.8. The molecule has 0 aromatic heterocycles. The Kier molecular flexibility index (Phi) is 5.31. The molecular formula is C17H23Cl. The first kappa shape index (κ1) is 13.7. The van der Waals surface area contributed by atoms with Gasteiger partial charge in [0.2, 0.25) is 0 Å². The van der Waals surface area contributed by atoms with Crippen LogP contribution in [0.15, 0.2) is 29.8 Å². The highest BCUT2D eigenvalue weighted by atomic mass is 35.5. The van der Waals surface area contributed by atoms with Gasteiger partial charge in [0.25, 0.3) is 0 Å². The topological polar surface area (TPSA) is 0 Å². The maximum atomic E-state index is 6.22. The number of hydrogen-bond donors (Lipinski definition) is 0. The second-order valence-electron chi connectivity index (χ2n) is 5.28. The zero-order valence-electron chi connectivity index (χ0n) is 11.3. The van der Waals surface area contributed by atoms with E-state index in [1.807, 2.05) is 6.07 Å². The summed E-state index contributed by atoms with van der Waals surface area (Å²) in [4.78, 5) is 0. The van der Waals surface area contributed by atoms with Crippen LogP contribution in [0.5, 0.6) is 0 Å². The van der Waals surface area contributed by atoms with E-state index in [2.05, 4.69) is 25.1 Å². The lowest BCUT2D eigenvalue weighted by Gasteiger charge is -2.18. The Morgan fingerprint density at radius 2 is 1.94 bits per heavy atom. The van der Waals surface area contributed by atoms with Crippen LogP contribution >= 0.6 is 11.6 Å². The molecule has 0 bridgehead atoms. The van der Waals surface area contributed by atoms with Crippen LogP contribution in [-0.2, 0) is 12.8 Å². The number of rotatable bonds is 6. The molecule has 0 amide bonds. The normalized spacial score (nSPS) is 14.2. The van der Waals surface area contributed by atoms with Gasteiger partial charge in [0, 0.05) is 5.02 Å². The van der Waals surface area contributed by atoms with Gasteiger partial charge < -0.3 is 0 Å². The van der Waals surface area contributed by atoms with Gasteiger partial charge in [0.05, 0.1) is 0 Å². The third-order valence-electron chi connectivity index (χ3n) is 3.83. The quantitative estimate of drug-likeness (QED) is 0.454. The average Bonchev–Trinajstić information content (AvgIpc) is 2.39. The molecule has 0 nitrogen and oxygen atoms in total. The highest BCUT2D eigenvalue weighted by Crippen LogP contribution is 2.29. The fourth-order valence-electron chi connectivity index (χ4n) is 2.71. The molecule has 0 radical (unpaired) electrons. The molecule has 1 aromatic carbocycles. The van der Waals surface area contributed by atoms with Gasteiger partial charge >= 0.3 is 0 Å². The summed E-state index contributed by atoms with van der Waals surface area (Å²) in [5.74, 6) is 0. The third-order valence-corrected chi connectivity index (χ3v) is 4.18. The molecule has 0 N–H and O–H groups in total. The molecule has 0 spiro atoms. The number of hydrogen-bond acceptors (Lipinski definition) is 0. The third kappa shape index (κ3) is 3.62. The summed E-state index contributed by atoms with van der Waals surface area (Å²) in [5.41, 5.74) is 4.39. The van der Waals surface area contributed by atoms with Crippen molar-refractivity contribution in [2.75, 3.05) is 0 Å². The van der Waals surface area contributed by atoms with Crippen LogP contribution < -0.4 is 0 Å². The number of fused-ring (bicyclic) bond motifs is 1. The first-order valence-corrected chi connectivity index (χ1v) is 7.63. The van der Waals surface area contributed by atoms with Gasteiger partial charge in [-0.05, 0) is 42.9 Å². The van der Waals surface area contributed by atoms with E-state index in [4.69, 9.17) is 11.6 Å². The van der Waals surface area contributed by atoms with Gasteiger partial charge in [-0.3, -0.25) is 0 Å². The maximum Gasteiger partial charge on any atom is 0.0444 e. The SMILES string of the molecule is CCCCCCCC1=CCc2c(Cl)cccc2C1. The molecule has 0 heterocycles. The summed E-state index contributed by atoms with van der Waals surface area (Å²) in [7, 11) is 0. The van der Waals surface area contributed by atoms with E-state index < -0.39 is 0 Å². The van der Waals surface area contributed by atoms with Gasteiger partial charge in [-0.1, -0.05) is 68.0 Å². The van der Waals surface area contributed by atoms with Crippen molar-refractivity contribution in [3.63, 3.8) is 0 Å². The Bertz CT molecular complexity index is 418. The standard InChI is InChI=1S/C17H23Cl/c1-2-3-4-5-6-8-14-11-12-16-15(13-14)9-7-10-17(16)18/h7,9-11H,2-6,8,12-13H2,1H3. The lowest BCUT2D eigenvalue weighted by Crippen LogP contribution is -2.03. The van der Waals surface area contributed by atoms with Gasteiger partial charge in [-0.25, -0.2) is 0 Å². The minimum atomic E-state index is 0.936. The fourth-order valence-corrected chi connectivity index (χ4v) is 2.98. The van der Waals surface area contributed by atoms with E-state index in [1.165, 1.54) is 49.7 Å². The Morgan fingerprint density at radius 3 is 2.78 bits per heavy atom. The molecule has 0 aliphatic heterocycles. The number of allylic oxidation sites excluding steroid dienone is 2. The Morgan fingerprint density at radius 1 is 1.11 bits per heavy atom. The van der Waals surface area contributed by atoms with Crippen LogP contribution in [0.25, 0.3) is 0 Å². The molecule has 2 rings (SSSR count). The minimum absolute atomic E-state index is 0.936. The summed E-state index contributed by atoms with van der Waals surface area (Å²) in [6, 6.07) is 6.31. The van der Waals surface area contributed by atoms with Crippen LogP contribution in [-0.4, -0.2) is 0 Å². The van der Waals surface area contributed by atoms with Gasteiger partial charge in [0.15, 0.2) is 0 Å². The van der Waals surface area contributed by atoms with E-state index in [0.717, 1.165) is 17.9 Å². The number of unbranched alkanes of at least 4 members (excludes halogenated alkanes) is 4.